The Bertz CT molecular complexity index is 768. The molecule has 1 heterocycles. The Morgan fingerprint density at radius 3 is 2.48 bits per heavy atom. The lowest BCUT2D eigenvalue weighted by molar-refractivity contribution is -0.153. The number of benzene rings is 1. The van der Waals surface area contributed by atoms with Gasteiger partial charge >= 0.3 is 5.97 Å². The lowest BCUT2D eigenvalue weighted by Gasteiger charge is -2.14. The van der Waals surface area contributed by atoms with E-state index < -0.39 is 24.6 Å². The van der Waals surface area contributed by atoms with E-state index in [1.165, 1.54) is 19.2 Å². The second-order valence-electron chi connectivity index (χ2n) is 4.85. The van der Waals surface area contributed by atoms with Gasteiger partial charge in [0.2, 0.25) is 0 Å². The third-order valence-corrected chi connectivity index (χ3v) is 3.62. The van der Waals surface area contributed by atoms with Gasteiger partial charge in [0.15, 0.2) is 18.5 Å². The Morgan fingerprint density at radius 1 is 1.16 bits per heavy atom. The second-order valence-corrected chi connectivity index (χ2v) is 6.13. The lowest BCUT2D eigenvalue weighted by Crippen LogP contribution is -2.29. The van der Waals surface area contributed by atoms with Crippen LogP contribution in [0.4, 0.5) is 5.82 Å². The Labute approximate surface area is 159 Å². The van der Waals surface area contributed by atoms with Gasteiger partial charge in [-0.1, -0.05) is 34.8 Å². The van der Waals surface area contributed by atoms with Crippen molar-refractivity contribution in [3.63, 3.8) is 0 Å². The summed E-state index contributed by atoms with van der Waals surface area (Å²) in [6.45, 7) is 1.00. The quantitative estimate of drug-likeness (QED) is 0.738. The first kappa shape index (κ1) is 19.3. The van der Waals surface area contributed by atoms with Gasteiger partial charge < -0.3 is 14.8 Å². The van der Waals surface area contributed by atoms with Crippen molar-refractivity contribution in [1.82, 2.24) is 4.98 Å². The summed E-state index contributed by atoms with van der Waals surface area (Å²) < 4.78 is 10.3. The Kier molecular flexibility index (Phi) is 6.87. The zero-order valence-electron chi connectivity index (χ0n) is 13.0. The van der Waals surface area contributed by atoms with Crippen LogP contribution in [0.3, 0.4) is 0 Å². The number of anilines is 1. The number of pyridine rings is 1. The monoisotopic (exact) mass is 402 g/mol. The SMILES string of the molecule is C[C@@H](Oc1ccc(Cl)cc1)C(=O)OCC(=O)Nc1ncc(Cl)cc1Cl. The van der Waals surface area contributed by atoms with E-state index in [0.717, 1.165) is 0 Å². The number of ether oxygens (including phenoxy) is 2. The van der Waals surface area contributed by atoms with Crippen molar-refractivity contribution >= 4 is 52.5 Å². The highest BCUT2D eigenvalue weighted by molar-refractivity contribution is 6.36. The van der Waals surface area contributed by atoms with Crippen LogP contribution in [0.15, 0.2) is 36.5 Å². The first-order valence-electron chi connectivity index (χ1n) is 7.05. The number of hydrogen-bond acceptors (Lipinski definition) is 5. The molecule has 0 unspecified atom stereocenters. The molecule has 1 amide bonds. The molecule has 9 heteroatoms. The predicted molar refractivity (Wildman–Crippen MR) is 95.4 cm³/mol. The highest BCUT2D eigenvalue weighted by Crippen LogP contribution is 2.22. The number of hydrogen-bond donors (Lipinski definition) is 1. The molecule has 1 aromatic heterocycles. The molecule has 0 fully saturated rings. The molecule has 2 rings (SSSR count). The lowest BCUT2D eigenvalue weighted by atomic mass is 10.3. The first-order valence-corrected chi connectivity index (χ1v) is 8.18. The summed E-state index contributed by atoms with van der Waals surface area (Å²) in [5.41, 5.74) is 0. The Balaban J connectivity index is 1.82. The zero-order valence-corrected chi connectivity index (χ0v) is 15.2. The maximum absolute atomic E-state index is 11.9. The van der Waals surface area contributed by atoms with Crippen molar-refractivity contribution in [2.45, 2.75) is 13.0 Å². The first-order chi connectivity index (χ1) is 11.8. The van der Waals surface area contributed by atoms with Gasteiger partial charge in [-0.15, -0.1) is 0 Å². The van der Waals surface area contributed by atoms with Crippen LogP contribution in [0.5, 0.6) is 5.75 Å². The van der Waals surface area contributed by atoms with Gasteiger partial charge in [0.1, 0.15) is 5.75 Å². The fraction of sp³-hybridized carbons (Fsp3) is 0.188. The number of esters is 1. The molecule has 1 atom stereocenters. The number of carbonyl (C=O) groups is 2. The van der Waals surface area contributed by atoms with Gasteiger partial charge in [0.25, 0.3) is 5.91 Å². The topological polar surface area (TPSA) is 77.5 Å². The van der Waals surface area contributed by atoms with Crippen LogP contribution in [0.2, 0.25) is 15.1 Å². The molecule has 0 saturated carbocycles. The van der Waals surface area contributed by atoms with Gasteiger partial charge in [-0.2, -0.15) is 0 Å². The average molecular weight is 404 g/mol. The smallest absolute Gasteiger partial charge is 0.347 e. The van der Waals surface area contributed by atoms with Crippen LogP contribution < -0.4 is 10.1 Å². The van der Waals surface area contributed by atoms with E-state index in [0.29, 0.717) is 15.8 Å². The normalized spacial score (nSPS) is 11.5. The summed E-state index contributed by atoms with van der Waals surface area (Å²) >= 11 is 17.4. The number of halogens is 3. The van der Waals surface area contributed by atoms with Crippen molar-refractivity contribution < 1.29 is 19.1 Å². The van der Waals surface area contributed by atoms with E-state index in [-0.39, 0.29) is 10.8 Å². The van der Waals surface area contributed by atoms with E-state index in [2.05, 4.69) is 10.3 Å². The zero-order chi connectivity index (χ0) is 18.4. The minimum atomic E-state index is -0.897. The second kappa shape index (κ2) is 8.89. The summed E-state index contributed by atoms with van der Waals surface area (Å²) in [5.74, 6) is -0.711. The van der Waals surface area contributed by atoms with Gasteiger partial charge in [0.05, 0.1) is 10.0 Å². The van der Waals surface area contributed by atoms with Crippen molar-refractivity contribution in [2.24, 2.45) is 0 Å². The summed E-state index contributed by atoms with van der Waals surface area (Å²) in [7, 11) is 0. The molecule has 0 spiro atoms. The summed E-state index contributed by atoms with van der Waals surface area (Å²) in [6.07, 6.45) is 0.433. The Hall–Kier alpha value is -2.02. The number of carbonyl (C=O) groups excluding carboxylic acids is 2. The van der Waals surface area contributed by atoms with Crippen molar-refractivity contribution in [3.05, 3.63) is 51.6 Å². The molecular formula is C16H13Cl3N2O4. The molecule has 0 saturated heterocycles. The number of nitrogens with zero attached hydrogens (tertiary/aromatic N) is 1. The largest absolute Gasteiger partial charge is 0.479 e. The molecule has 1 N–H and O–H groups in total. The van der Waals surface area contributed by atoms with Gasteiger partial charge in [-0.3, -0.25) is 4.79 Å². The molecule has 0 aliphatic heterocycles. The number of amides is 1. The molecule has 2 aromatic rings. The van der Waals surface area contributed by atoms with Crippen LogP contribution in [-0.4, -0.2) is 29.6 Å². The fourth-order valence-electron chi connectivity index (χ4n) is 1.69. The molecule has 0 radical (unpaired) electrons. The standard InChI is InChI=1S/C16H13Cl3N2O4/c1-9(25-12-4-2-10(17)3-5-12)16(23)24-8-14(22)21-15-13(19)6-11(18)7-20-15/h2-7,9H,8H2,1H3,(H,20,21,22)/t9-/m1/s1. The molecule has 25 heavy (non-hydrogen) atoms. The van der Waals surface area contributed by atoms with Crippen LogP contribution >= 0.6 is 34.8 Å². The van der Waals surface area contributed by atoms with Crippen LogP contribution in [0.1, 0.15) is 6.92 Å². The average Bonchev–Trinajstić information content (AvgIpc) is 2.57. The summed E-state index contributed by atoms with van der Waals surface area (Å²) in [6, 6.07) is 7.93. The molecule has 1 aromatic carbocycles. The molecule has 0 bridgehead atoms. The summed E-state index contributed by atoms with van der Waals surface area (Å²) in [4.78, 5) is 27.5. The van der Waals surface area contributed by atoms with E-state index >= 15 is 0 Å². The molecular weight excluding hydrogens is 391 g/mol. The third kappa shape index (κ3) is 6.08. The van der Waals surface area contributed by atoms with Crippen molar-refractivity contribution in [2.75, 3.05) is 11.9 Å². The van der Waals surface area contributed by atoms with Gasteiger partial charge in [-0.25, -0.2) is 9.78 Å². The maximum Gasteiger partial charge on any atom is 0.347 e. The fourth-order valence-corrected chi connectivity index (χ4v) is 2.25. The third-order valence-electron chi connectivity index (χ3n) is 2.87. The van der Waals surface area contributed by atoms with Gasteiger partial charge in [-0.05, 0) is 37.3 Å². The van der Waals surface area contributed by atoms with Crippen molar-refractivity contribution in [1.29, 1.82) is 0 Å². The summed E-state index contributed by atoms with van der Waals surface area (Å²) in [5, 5.41) is 3.47. The van der Waals surface area contributed by atoms with Crippen LogP contribution in [0, 0.1) is 0 Å². The molecule has 6 nitrogen and oxygen atoms in total. The molecule has 0 aliphatic carbocycles. The highest BCUT2D eigenvalue weighted by atomic mass is 35.5. The molecule has 132 valence electrons. The maximum atomic E-state index is 11.9. The number of rotatable bonds is 6. The van der Waals surface area contributed by atoms with Crippen molar-refractivity contribution in [3.8, 4) is 5.75 Å². The minimum absolute atomic E-state index is 0.123. The highest BCUT2D eigenvalue weighted by Gasteiger charge is 2.18. The number of aromatic nitrogens is 1. The van der Waals surface area contributed by atoms with Gasteiger partial charge in [0, 0.05) is 11.2 Å². The predicted octanol–water partition coefficient (Wildman–Crippen LogP) is 3.99. The minimum Gasteiger partial charge on any atom is -0.479 e. The van der Waals surface area contributed by atoms with E-state index in [4.69, 9.17) is 44.3 Å². The van der Waals surface area contributed by atoms with E-state index in [1.54, 1.807) is 24.3 Å². The van der Waals surface area contributed by atoms with E-state index in [9.17, 15) is 9.59 Å². The van der Waals surface area contributed by atoms with E-state index in [1.807, 2.05) is 0 Å². The van der Waals surface area contributed by atoms with Crippen LogP contribution in [0.25, 0.3) is 0 Å². The van der Waals surface area contributed by atoms with Crippen LogP contribution in [-0.2, 0) is 14.3 Å². The molecule has 0 aliphatic rings. The number of nitrogens with one attached hydrogen (secondary N) is 1. The Morgan fingerprint density at radius 2 is 1.84 bits per heavy atom.